The number of hydrogen-bond acceptors (Lipinski definition) is 2. The summed E-state index contributed by atoms with van der Waals surface area (Å²) in [5.74, 6) is 0.674. The minimum Gasteiger partial charge on any atom is -0.494 e. The zero-order valence-electron chi connectivity index (χ0n) is 4.59. The molecule has 1 rings (SSSR count). The molecule has 1 aromatic heterocycles. The van der Waals surface area contributed by atoms with Gasteiger partial charge in [0.25, 0.3) is 0 Å². The highest BCUT2D eigenvalue weighted by molar-refractivity contribution is 5.12. The monoisotopic (exact) mass is 108 g/mol. The summed E-state index contributed by atoms with van der Waals surface area (Å²) < 4.78 is 4.80. The minimum atomic E-state index is 0.674. The highest BCUT2D eigenvalue weighted by Gasteiger charge is 1.82. The fraction of sp³-hybridized carbons (Fsp3) is 0.167. The van der Waals surface area contributed by atoms with Crippen molar-refractivity contribution in [2.45, 2.75) is 0 Å². The number of rotatable bonds is 1. The molecule has 0 unspecified atom stereocenters. The van der Waals surface area contributed by atoms with E-state index in [1.54, 1.807) is 25.6 Å². The molecular weight excluding hydrogens is 102 g/mol. The fourth-order valence-corrected chi connectivity index (χ4v) is 0.422. The molecule has 0 spiro atoms. The third kappa shape index (κ3) is 0.964. The Kier molecular flexibility index (Phi) is 1.47. The van der Waals surface area contributed by atoms with Crippen LogP contribution in [0.25, 0.3) is 0 Å². The van der Waals surface area contributed by atoms with Crippen LogP contribution in [0.15, 0.2) is 18.5 Å². The molecule has 0 amide bonds. The van der Waals surface area contributed by atoms with E-state index in [9.17, 15) is 0 Å². The van der Waals surface area contributed by atoms with Gasteiger partial charge < -0.3 is 4.74 Å². The first-order valence-electron chi connectivity index (χ1n) is 2.29. The summed E-state index contributed by atoms with van der Waals surface area (Å²) in [6, 6.07) is 4.54. The van der Waals surface area contributed by atoms with Crippen LogP contribution in [0.4, 0.5) is 0 Å². The summed E-state index contributed by atoms with van der Waals surface area (Å²) in [4.78, 5) is 3.80. The lowest BCUT2D eigenvalue weighted by Gasteiger charge is -1.92. The quantitative estimate of drug-likeness (QED) is 0.533. The van der Waals surface area contributed by atoms with Crippen molar-refractivity contribution in [1.29, 1.82) is 0 Å². The number of aromatic nitrogens is 1. The molecular formula is C6H6NO. The first-order valence-corrected chi connectivity index (χ1v) is 2.29. The van der Waals surface area contributed by atoms with Gasteiger partial charge in [-0.2, -0.15) is 0 Å². The van der Waals surface area contributed by atoms with E-state index >= 15 is 0 Å². The number of hydrogen-bond donors (Lipinski definition) is 0. The first-order chi connectivity index (χ1) is 3.93. The SMILES string of the molecule is COc1[c]ccnc1. The zero-order valence-corrected chi connectivity index (χ0v) is 4.59. The van der Waals surface area contributed by atoms with Crippen LogP contribution in [0.5, 0.6) is 5.75 Å². The Hall–Kier alpha value is -1.05. The Morgan fingerprint density at radius 3 is 3.00 bits per heavy atom. The molecule has 41 valence electrons. The van der Waals surface area contributed by atoms with Gasteiger partial charge in [0.1, 0.15) is 5.75 Å². The molecule has 0 saturated heterocycles. The predicted octanol–water partition coefficient (Wildman–Crippen LogP) is 0.890. The zero-order chi connectivity index (χ0) is 5.82. The largest absolute Gasteiger partial charge is 0.494 e. The van der Waals surface area contributed by atoms with Crippen molar-refractivity contribution >= 4 is 0 Å². The first kappa shape index (κ1) is 5.09. The van der Waals surface area contributed by atoms with Crippen molar-refractivity contribution < 1.29 is 4.74 Å². The van der Waals surface area contributed by atoms with Crippen molar-refractivity contribution in [3.63, 3.8) is 0 Å². The Balaban J connectivity index is 2.83. The second-order valence-corrected chi connectivity index (χ2v) is 1.31. The fourth-order valence-electron chi connectivity index (χ4n) is 0.422. The summed E-state index contributed by atoms with van der Waals surface area (Å²) in [5, 5.41) is 0. The van der Waals surface area contributed by atoms with E-state index in [-0.39, 0.29) is 0 Å². The van der Waals surface area contributed by atoms with E-state index in [1.807, 2.05) is 0 Å². The molecule has 0 aromatic carbocycles. The van der Waals surface area contributed by atoms with Crippen LogP contribution in [-0.2, 0) is 0 Å². The molecule has 0 atom stereocenters. The molecule has 0 saturated carbocycles. The molecule has 2 nitrogen and oxygen atoms in total. The maximum atomic E-state index is 4.80. The van der Waals surface area contributed by atoms with Crippen molar-refractivity contribution in [2.75, 3.05) is 7.11 Å². The molecule has 0 aliphatic rings. The van der Waals surface area contributed by atoms with Crippen molar-refractivity contribution in [2.24, 2.45) is 0 Å². The Labute approximate surface area is 48.1 Å². The summed E-state index contributed by atoms with van der Waals surface area (Å²) >= 11 is 0. The lowest BCUT2D eigenvalue weighted by molar-refractivity contribution is 0.412. The van der Waals surface area contributed by atoms with Crippen molar-refractivity contribution in [3.8, 4) is 5.75 Å². The number of ether oxygens (including phenoxy) is 1. The Morgan fingerprint density at radius 1 is 1.75 bits per heavy atom. The molecule has 0 fully saturated rings. The summed E-state index contributed by atoms with van der Waals surface area (Å²) in [5.41, 5.74) is 0. The molecule has 0 aliphatic heterocycles. The average Bonchev–Trinajstić information content (AvgIpc) is 1.90. The van der Waals surface area contributed by atoms with E-state index in [2.05, 4.69) is 11.1 Å². The van der Waals surface area contributed by atoms with Gasteiger partial charge in [-0.3, -0.25) is 4.98 Å². The third-order valence-corrected chi connectivity index (χ3v) is 0.798. The second-order valence-electron chi connectivity index (χ2n) is 1.31. The molecule has 0 bridgehead atoms. The third-order valence-electron chi connectivity index (χ3n) is 0.798. The van der Waals surface area contributed by atoms with E-state index in [4.69, 9.17) is 4.74 Å². The Morgan fingerprint density at radius 2 is 2.62 bits per heavy atom. The molecule has 0 aliphatic carbocycles. The normalized spacial score (nSPS) is 8.62. The van der Waals surface area contributed by atoms with Crippen LogP contribution in [0.2, 0.25) is 0 Å². The Bertz CT molecular complexity index is 150. The van der Waals surface area contributed by atoms with Crippen LogP contribution in [0.3, 0.4) is 0 Å². The lowest BCUT2D eigenvalue weighted by atomic mass is 10.5. The molecule has 1 radical (unpaired) electrons. The maximum Gasteiger partial charge on any atom is 0.145 e. The lowest BCUT2D eigenvalue weighted by Crippen LogP contribution is -1.81. The predicted molar refractivity (Wildman–Crippen MR) is 29.6 cm³/mol. The minimum absolute atomic E-state index is 0.674. The highest BCUT2D eigenvalue weighted by atomic mass is 16.5. The number of nitrogens with zero attached hydrogens (tertiary/aromatic N) is 1. The highest BCUT2D eigenvalue weighted by Crippen LogP contribution is 2.01. The van der Waals surface area contributed by atoms with E-state index in [1.165, 1.54) is 0 Å². The summed E-state index contributed by atoms with van der Waals surface area (Å²) in [6.07, 6.45) is 3.27. The molecule has 8 heavy (non-hydrogen) atoms. The van der Waals surface area contributed by atoms with Gasteiger partial charge in [-0.25, -0.2) is 0 Å². The maximum absolute atomic E-state index is 4.80. The van der Waals surface area contributed by atoms with Gasteiger partial charge in [-0.1, -0.05) is 0 Å². The van der Waals surface area contributed by atoms with E-state index < -0.39 is 0 Å². The molecule has 1 heterocycles. The van der Waals surface area contributed by atoms with Crippen LogP contribution in [0.1, 0.15) is 0 Å². The summed E-state index contributed by atoms with van der Waals surface area (Å²) in [7, 11) is 1.59. The van der Waals surface area contributed by atoms with Gasteiger partial charge in [0.2, 0.25) is 0 Å². The van der Waals surface area contributed by atoms with Crippen molar-refractivity contribution in [1.82, 2.24) is 4.98 Å². The van der Waals surface area contributed by atoms with Gasteiger partial charge in [0, 0.05) is 12.3 Å². The van der Waals surface area contributed by atoms with Crippen LogP contribution < -0.4 is 4.74 Å². The number of methoxy groups -OCH3 is 1. The van der Waals surface area contributed by atoms with Crippen molar-refractivity contribution in [3.05, 3.63) is 24.5 Å². The van der Waals surface area contributed by atoms with Gasteiger partial charge in [-0.05, 0) is 6.07 Å². The van der Waals surface area contributed by atoms with E-state index in [0.29, 0.717) is 5.75 Å². The topological polar surface area (TPSA) is 22.1 Å². The molecule has 2 heteroatoms. The average molecular weight is 108 g/mol. The van der Waals surface area contributed by atoms with Crippen LogP contribution in [0, 0.1) is 6.07 Å². The van der Waals surface area contributed by atoms with E-state index in [0.717, 1.165) is 0 Å². The van der Waals surface area contributed by atoms with Gasteiger partial charge in [0.05, 0.1) is 13.3 Å². The smallest absolute Gasteiger partial charge is 0.145 e. The van der Waals surface area contributed by atoms with Gasteiger partial charge >= 0.3 is 0 Å². The van der Waals surface area contributed by atoms with Crippen LogP contribution >= 0.6 is 0 Å². The van der Waals surface area contributed by atoms with Gasteiger partial charge in [0.15, 0.2) is 0 Å². The molecule has 0 N–H and O–H groups in total. The van der Waals surface area contributed by atoms with Crippen LogP contribution in [-0.4, -0.2) is 12.1 Å². The standard InChI is InChI=1S/C6H6NO/c1-8-6-3-2-4-7-5-6/h2,4-5H,1H3. The molecule has 1 aromatic rings. The number of pyridine rings is 1. The summed E-state index contributed by atoms with van der Waals surface area (Å²) in [6.45, 7) is 0. The van der Waals surface area contributed by atoms with Gasteiger partial charge in [-0.15, -0.1) is 0 Å². The second kappa shape index (κ2) is 2.31.